The van der Waals surface area contributed by atoms with Crippen molar-refractivity contribution in [2.75, 3.05) is 7.11 Å². The minimum Gasteiger partial charge on any atom is -0.469 e. The maximum absolute atomic E-state index is 14.2. The number of benzene rings is 2. The van der Waals surface area contributed by atoms with Gasteiger partial charge in [-0.3, -0.25) is 9.59 Å². The number of carbonyl (C=O) groups excluding carboxylic acids is 2. The maximum Gasteiger partial charge on any atom is 0.307 e. The average molecular weight is 313 g/mol. The minimum absolute atomic E-state index is 0.0861. The molecule has 1 aliphatic heterocycles. The summed E-state index contributed by atoms with van der Waals surface area (Å²) in [5, 5.41) is 0. The molecule has 0 saturated carbocycles. The second kappa shape index (κ2) is 6.20. The smallest absolute Gasteiger partial charge is 0.307 e. The van der Waals surface area contributed by atoms with Gasteiger partial charge < -0.3 is 9.64 Å². The fraction of sp³-hybridized carbons (Fsp3) is 0.222. The third-order valence-electron chi connectivity index (χ3n) is 4.08. The molecule has 0 bridgehead atoms. The molecule has 1 atom stereocenters. The van der Waals surface area contributed by atoms with Crippen molar-refractivity contribution in [2.24, 2.45) is 0 Å². The Balaban J connectivity index is 1.99. The van der Waals surface area contributed by atoms with Crippen LogP contribution in [-0.4, -0.2) is 23.9 Å². The summed E-state index contributed by atoms with van der Waals surface area (Å²) in [5.74, 6) is -1.12. The van der Waals surface area contributed by atoms with Crippen LogP contribution in [0.2, 0.25) is 0 Å². The van der Waals surface area contributed by atoms with Crippen molar-refractivity contribution in [3.8, 4) is 0 Å². The standard InChI is InChI=1S/C18H16FNO3/c1-23-17(21)10-16(14-8-4-5-9-15(14)19)20-11-12-6-2-3-7-13(12)18(20)22/h2-9,16H,10-11H2,1H3/t16-/m0/s1. The molecule has 0 aromatic heterocycles. The van der Waals surface area contributed by atoms with Gasteiger partial charge in [0.25, 0.3) is 5.91 Å². The minimum atomic E-state index is -0.691. The molecule has 0 N–H and O–H groups in total. The Kier molecular flexibility index (Phi) is 4.10. The van der Waals surface area contributed by atoms with Crippen LogP contribution in [0.4, 0.5) is 4.39 Å². The molecule has 2 aromatic carbocycles. The molecule has 5 heteroatoms. The SMILES string of the molecule is COC(=O)C[C@@H](c1ccccc1F)N1Cc2ccccc2C1=O. The molecule has 0 fully saturated rings. The molecule has 4 nitrogen and oxygen atoms in total. The van der Waals surface area contributed by atoms with Crippen molar-refractivity contribution < 1.29 is 18.7 Å². The fourth-order valence-electron chi connectivity index (χ4n) is 2.90. The molecule has 23 heavy (non-hydrogen) atoms. The zero-order chi connectivity index (χ0) is 16.4. The molecule has 3 rings (SSSR count). The Morgan fingerprint density at radius 2 is 1.91 bits per heavy atom. The van der Waals surface area contributed by atoms with Crippen LogP contribution < -0.4 is 0 Å². The van der Waals surface area contributed by atoms with Gasteiger partial charge in [0, 0.05) is 17.7 Å². The zero-order valence-electron chi connectivity index (χ0n) is 12.7. The van der Waals surface area contributed by atoms with Crippen LogP contribution >= 0.6 is 0 Å². The second-order valence-corrected chi connectivity index (χ2v) is 5.41. The summed E-state index contributed by atoms with van der Waals surface area (Å²) < 4.78 is 18.9. The van der Waals surface area contributed by atoms with E-state index in [9.17, 15) is 14.0 Å². The quantitative estimate of drug-likeness (QED) is 0.815. The molecule has 0 unspecified atom stereocenters. The van der Waals surface area contributed by atoms with E-state index >= 15 is 0 Å². The van der Waals surface area contributed by atoms with Crippen LogP contribution in [0.3, 0.4) is 0 Å². The van der Waals surface area contributed by atoms with Gasteiger partial charge in [0.2, 0.25) is 0 Å². The van der Waals surface area contributed by atoms with Crippen LogP contribution in [0, 0.1) is 5.82 Å². The van der Waals surface area contributed by atoms with E-state index < -0.39 is 17.8 Å². The van der Waals surface area contributed by atoms with Gasteiger partial charge in [-0.2, -0.15) is 0 Å². The van der Waals surface area contributed by atoms with Crippen molar-refractivity contribution in [3.05, 3.63) is 71.0 Å². The second-order valence-electron chi connectivity index (χ2n) is 5.41. The van der Waals surface area contributed by atoms with Crippen LogP contribution in [0.1, 0.15) is 33.9 Å². The summed E-state index contributed by atoms with van der Waals surface area (Å²) >= 11 is 0. The lowest BCUT2D eigenvalue weighted by atomic mass is 10.0. The van der Waals surface area contributed by atoms with Crippen molar-refractivity contribution >= 4 is 11.9 Å². The molecule has 0 radical (unpaired) electrons. The van der Waals surface area contributed by atoms with Gasteiger partial charge in [-0.15, -0.1) is 0 Å². The van der Waals surface area contributed by atoms with E-state index in [0.29, 0.717) is 17.7 Å². The number of ether oxygens (including phenoxy) is 1. The van der Waals surface area contributed by atoms with Gasteiger partial charge in [0.05, 0.1) is 19.6 Å². The van der Waals surface area contributed by atoms with Gasteiger partial charge in [-0.05, 0) is 17.7 Å². The Hall–Kier alpha value is -2.69. The predicted octanol–water partition coefficient (Wildman–Crippen LogP) is 3.09. The van der Waals surface area contributed by atoms with Gasteiger partial charge in [0.15, 0.2) is 0 Å². The first-order chi connectivity index (χ1) is 11.1. The maximum atomic E-state index is 14.2. The lowest BCUT2D eigenvalue weighted by molar-refractivity contribution is -0.141. The highest BCUT2D eigenvalue weighted by Gasteiger charge is 2.35. The largest absolute Gasteiger partial charge is 0.469 e. The normalized spacial score (nSPS) is 14.5. The Morgan fingerprint density at radius 3 is 2.61 bits per heavy atom. The van der Waals surface area contributed by atoms with Gasteiger partial charge >= 0.3 is 5.97 Å². The van der Waals surface area contributed by atoms with Gasteiger partial charge in [-0.25, -0.2) is 4.39 Å². The number of hydrogen-bond donors (Lipinski definition) is 0. The van der Waals surface area contributed by atoms with Gasteiger partial charge in [0.1, 0.15) is 5.82 Å². The monoisotopic (exact) mass is 313 g/mol. The number of amides is 1. The van der Waals surface area contributed by atoms with E-state index in [1.54, 1.807) is 30.3 Å². The number of rotatable bonds is 4. The van der Waals surface area contributed by atoms with Crippen LogP contribution in [0.15, 0.2) is 48.5 Å². The first-order valence-corrected chi connectivity index (χ1v) is 7.32. The summed E-state index contributed by atoms with van der Waals surface area (Å²) in [6, 6.07) is 12.8. The highest BCUT2D eigenvalue weighted by Crippen LogP contribution is 2.34. The van der Waals surface area contributed by atoms with E-state index in [2.05, 4.69) is 0 Å². The van der Waals surface area contributed by atoms with Crippen LogP contribution in [0.25, 0.3) is 0 Å². The summed E-state index contributed by atoms with van der Waals surface area (Å²) in [7, 11) is 1.28. The topological polar surface area (TPSA) is 46.6 Å². The third kappa shape index (κ3) is 2.82. The summed E-state index contributed by atoms with van der Waals surface area (Å²) in [6.07, 6.45) is -0.0861. The summed E-state index contributed by atoms with van der Waals surface area (Å²) in [6.45, 7) is 0.352. The highest BCUT2D eigenvalue weighted by atomic mass is 19.1. The van der Waals surface area contributed by atoms with Crippen LogP contribution in [0.5, 0.6) is 0 Å². The van der Waals surface area contributed by atoms with E-state index in [1.165, 1.54) is 18.1 Å². The zero-order valence-corrected chi connectivity index (χ0v) is 12.7. The molecule has 1 heterocycles. The molecule has 1 aliphatic rings. The highest BCUT2D eigenvalue weighted by molar-refractivity contribution is 5.98. The van der Waals surface area contributed by atoms with E-state index in [1.807, 2.05) is 12.1 Å². The molecular weight excluding hydrogens is 297 g/mol. The number of carbonyl (C=O) groups is 2. The Labute approximate surface area is 133 Å². The number of nitrogens with zero attached hydrogens (tertiary/aromatic N) is 1. The number of esters is 1. The number of hydrogen-bond acceptors (Lipinski definition) is 3. The summed E-state index contributed by atoms with van der Waals surface area (Å²) in [4.78, 5) is 25.9. The number of fused-ring (bicyclic) bond motifs is 1. The van der Waals surface area contributed by atoms with E-state index in [0.717, 1.165) is 5.56 Å². The predicted molar refractivity (Wildman–Crippen MR) is 82.1 cm³/mol. The lowest BCUT2D eigenvalue weighted by Crippen LogP contribution is -2.31. The first-order valence-electron chi connectivity index (χ1n) is 7.32. The lowest BCUT2D eigenvalue weighted by Gasteiger charge is -2.27. The third-order valence-corrected chi connectivity index (χ3v) is 4.08. The average Bonchev–Trinajstić information content (AvgIpc) is 2.90. The molecule has 118 valence electrons. The fourth-order valence-corrected chi connectivity index (χ4v) is 2.90. The van der Waals surface area contributed by atoms with E-state index in [4.69, 9.17) is 4.74 Å². The molecule has 1 amide bonds. The van der Waals surface area contributed by atoms with Crippen molar-refractivity contribution in [1.29, 1.82) is 0 Å². The van der Waals surface area contributed by atoms with Gasteiger partial charge in [-0.1, -0.05) is 36.4 Å². The molecule has 2 aromatic rings. The molecular formula is C18H16FNO3. The Morgan fingerprint density at radius 1 is 1.22 bits per heavy atom. The molecule has 0 aliphatic carbocycles. The van der Waals surface area contributed by atoms with Crippen molar-refractivity contribution in [3.63, 3.8) is 0 Å². The molecule has 0 saturated heterocycles. The summed E-state index contributed by atoms with van der Waals surface area (Å²) in [5.41, 5.74) is 1.79. The van der Waals surface area contributed by atoms with Crippen molar-refractivity contribution in [2.45, 2.75) is 19.0 Å². The first kappa shape index (κ1) is 15.2. The van der Waals surface area contributed by atoms with Crippen molar-refractivity contribution in [1.82, 2.24) is 4.90 Å². The Bertz CT molecular complexity index is 759. The van der Waals surface area contributed by atoms with Crippen LogP contribution in [-0.2, 0) is 16.1 Å². The number of methoxy groups -OCH3 is 1. The van der Waals surface area contributed by atoms with E-state index in [-0.39, 0.29) is 12.3 Å². The molecule has 0 spiro atoms. The number of halogens is 1.